The highest BCUT2D eigenvalue weighted by atomic mass is 32.1. The number of carboxylic acids is 1. The second-order valence-corrected chi connectivity index (χ2v) is 10.1. The van der Waals surface area contributed by atoms with Crippen LogP contribution in [0, 0.1) is 0 Å². The number of benzene rings is 1. The summed E-state index contributed by atoms with van der Waals surface area (Å²) in [6.07, 6.45) is 5.52. The number of urea groups is 1. The Morgan fingerprint density at radius 1 is 1.14 bits per heavy atom. The van der Waals surface area contributed by atoms with Crippen molar-refractivity contribution in [1.82, 2.24) is 25.3 Å². The summed E-state index contributed by atoms with van der Waals surface area (Å²) in [7, 11) is 0. The summed E-state index contributed by atoms with van der Waals surface area (Å²) in [5.74, 6) is -0.338. The zero-order valence-electron chi connectivity index (χ0n) is 20.9. The Hall–Kier alpha value is -3.96. The van der Waals surface area contributed by atoms with Gasteiger partial charge >= 0.3 is 12.0 Å². The molecule has 0 saturated heterocycles. The van der Waals surface area contributed by atoms with Crippen molar-refractivity contribution in [1.29, 1.82) is 0 Å². The monoisotopic (exact) mass is 519 g/mol. The average Bonchev–Trinajstić information content (AvgIpc) is 3.29. The van der Waals surface area contributed by atoms with E-state index in [9.17, 15) is 9.59 Å². The maximum Gasteiger partial charge on any atom is 0.321 e. The molecule has 0 aliphatic carbocycles. The number of carboxylic acid groups (broad SMARTS) is 1. The number of nitrogens with zero attached hydrogens (tertiary/aromatic N) is 4. The van der Waals surface area contributed by atoms with Crippen LogP contribution in [0.4, 0.5) is 9.93 Å². The standard InChI is InChI=1S/C26H29N7O3S/c1-4-28-24(36)33-25-32-19-12-15(11-17(22(19)37-25)18-7-5-6-10-29-18)16-13-30-23(31-14-16)26(2,3)20(27)8-9-21(34)35/h5-7,10-14,20H,4,8-9,27H2,1-3H3,(H,34,35)(H2,28,32,33,36). The van der Waals surface area contributed by atoms with Gasteiger partial charge in [-0.15, -0.1) is 0 Å². The van der Waals surface area contributed by atoms with Gasteiger partial charge in [0.25, 0.3) is 0 Å². The van der Waals surface area contributed by atoms with Gasteiger partial charge < -0.3 is 16.2 Å². The molecule has 11 heteroatoms. The molecule has 2 amide bonds. The lowest BCUT2D eigenvalue weighted by Gasteiger charge is -2.29. The Balaban J connectivity index is 1.71. The zero-order chi connectivity index (χ0) is 26.6. The van der Waals surface area contributed by atoms with Gasteiger partial charge in [0.2, 0.25) is 0 Å². The molecule has 0 fully saturated rings. The minimum Gasteiger partial charge on any atom is -0.481 e. The SMILES string of the molecule is CCNC(=O)Nc1nc2cc(-c3cnc(C(C)(C)C(N)CCC(=O)O)nc3)cc(-c3ccccn3)c2s1. The van der Waals surface area contributed by atoms with E-state index in [4.69, 9.17) is 10.8 Å². The number of nitrogens with two attached hydrogens (primary N) is 1. The van der Waals surface area contributed by atoms with Crippen LogP contribution in [0.25, 0.3) is 32.6 Å². The van der Waals surface area contributed by atoms with Gasteiger partial charge in [0.1, 0.15) is 5.82 Å². The largest absolute Gasteiger partial charge is 0.481 e. The third-order valence-corrected chi connectivity index (χ3v) is 7.17. The maximum absolute atomic E-state index is 12.0. The first-order chi connectivity index (χ1) is 17.7. The van der Waals surface area contributed by atoms with Gasteiger partial charge in [-0.05, 0) is 43.2 Å². The summed E-state index contributed by atoms with van der Waals surface area (Å²) in [6, 6.07) is 8.93. The van der Waals surface area contributed by atoms with Crippen LogP contribution >= 0.6 is 11.3 Å². The lowest BCUT2D eigenvalue weighted by Crippen LogP contribution is -2.42. The summed E-state index contributed by atoms with van der Waals surface area (Å²) in [5, 5.41) is 15.0. The van der Waals surface area contributed by atoms with E-state index in [0.29, 0.717) is 23.9 Å². The number of aromatic nitrogens is 4. The lowest BCUT2D eigenvalue weighted by molar-refractivity contribution is -0.137. The van der Waals surface area contributed by atoms with Gasteiger partial charge in [-0.1, -0.05) is 31.3 Å². The van der Waals surface area contributed by atoms with Crippen LogP contribution < -0.4 is 16.4 Å². The number of aliphatic carboxylic acids is 1. The second-order valence-electron chi connectivity index (χ2n) is 9.15. The van der Waals surface area contributed by atoms with Crippen molar-refractivity contribution in [2.75, 3.05) is 11.9 Å². The van der Waals surface area contributed by atoms with Gasteiger partial charge in [0.05, 0.1) is 15.9 Å². The average molecular weight is 520 g/mol. The number of thiazole rings is 1. The number of hydrogen-bond donors (Lipinski definition) is 4. The van der Waals surface area contributed by atoms with Crippen LogP contribution in [0.2, 0.25) is 0 Å². The van der Waals surface area contributed by atoms with Gasteiger partial charge in [-0.25, -0.2) is 19.7 Å². The third kappa shape index (κ3) is 5.89. The van der Waals surface area contributed by atoms with Gasteiger partial charge in [-0.2, -0.15) is 0 Å². The Bertz CT molecular complexity index is 1410. The van der Waals surface area contributed by atoms with Crippen LogP contribution in [0.3, 0.4) is 0 Å². The van der Waals surface area contributed by atoms with Crippen LogP contribution in [-0.2, 0) is 10.2 Å². The molecule has 37 heavy (non-hydrogen) atoms. The van der Waals surface area contributed by atoms with E-state index in [-0.39, 0.29) is 12.5 Å². The molecule has 4 rings (SSSR count). The van der Waals surface area contributed by atoms with Crippen LogP contribution in [0.15, 0.2) is 48.9 Å². The quantitative estimate of drug-likeness (QED) is 0.253. The minimum absolute atomic E-state index is 0.0103. The van der Waals surface area contributed by atoms with Crippen molar-refractivity contribution < 1.29 is 14.7 Å². The van der Waals surface area contributed by atoms with Gasteiger partial charge in [-0.3, -0.25) is 15.1 Å². The second kappa shape index (κ2) is 11.0. The summed E-state index contributed by atoms with van der Waals surface area (Å²) < 4.78 is 0.900. The molecule has 1 atom stereocenters. The number of hydrogen-bond acceptors (Lipinski definition) is 8. The third-order valence-electron chi connectivity index (χ3n) is 6.15. The van der Waals surface area contributed by atoms with Gasteiger partial charge in [0.15, 0.2) is 5.13 Å². The summed E-state index contributed by atoms with van der Waals surface area (Å²) in [6.45, 7) is 6.19. The number of carbonyl (C=O) groups is 2. The number of amides is 2. The molecule has 0 spiro atoms. The molecule has 0 saturated carbocycles. The van der Waals surface area contributed by atoms with E-state index in [1.54, 1.807) is 18.6 Å². The first-order valence-electron chi connectivity index (χ1n) is 11.9. The molecule has 1 aromatic carbocycles. The number of nitrogens with one attached hydrogen (secondary N) is 2. The first-order valence-corrected chi connectivity index (χ1v) is 12.7. The number of pyridine rings is 1. The summed E-state index contributed by atoms with van der Waals surface area (Å²) >= 11 is 1.38. The summed E-state index contributed by atoms with van der Waals surface area (Å²) in [4.78, 5) is 41.3. The molecule has 4 aromatic rings. The van der Waals surface area contributed by atoms with Crippen LogP contribution in [0.5, 0.6) is 0 Å². The molecule has 0 bridgehead atoms. The molecule has 0 aliphatic rings. The molecule has 192 valence electrons. The highest BCUT2D eigenvalue weighted by Gasteiger charge is 2.31. The molecule has 1 unspecified atom stereocenters. The van der Waals surface area contributed by atoms with Crippen LogP contribution in [-0.4, -0.2) is 49.6 Å². The number of fused-ring (bicyclic) bond motifs is 1. The predicted octanol–water partition coefficient (Wildman–Crippen LogP) is 4.43. The van der Waals surface area contributed by atoms with Gasteiger partial charge in [0, 0.05) is 54.1 Å². The normalized spacial score (nSPS) is 12.3. The highest BCUT2D eigenvalue weighted by molar-refractivity contribution is 7.22. The predicted molar refractivity (Wildman–Crippen MR) is 144 cm³/mol. The van der Waals surface area contributed by atoms with Crippen molar-refractivity contribution >= 4 is 38.7 Å². The number of carbonyl (C=O) groups excluding carboxylic acids is 1. The smallest absolute Gasteiger partial charge is 0.321 e. The van der Waals surface area contributed by atoms with Crippen molar-refractivity contribution in [3.63, 3.8) is 0 Å². The summed E-state index contributed by atoms with van der Waals surface area (Å²) in [5.41, 5.74) is 9.70. The van der Waals surface area contributed by atoms with E-state index in [2.05, 4.69) is 30.6 Å². The van der Waals surface area contributed by atoms with E-state index in [0.717, 1.165) is 32.6 Å². The fourth-order valence-electron chi connectivity index (χ4n) is 3.88. The number of anilines is 1. The Kier molecular flexibility index (Phi) is 7.74. The first kappa shape index (κ1) is 26.1. The molecular weight excluding hydrogens is 490 g/mol. The van der Waals surface area contributed by atoms with Crippen molar-refractivity contribution in [2.24, 2.45) is 5.73 Å². The fraction of sp³-hybridized carbons (Fsp3) is 0.308. The molecule has 10 nitrogen and oxygen atoms in total. The molecule has 5 N–H and O–H groups in total. The zero-order valence-corrected chi connectivity index (χ0v) is 21.7. The molecular formula is C26H29N7O3S. The minimum atomic E-state index is -0.881. The Morgan fingerprint density at radius 3 is 2.54 bits per heavy atom. The van der Waals surface area contributed by atoms with Crippen LogP contribution in [0.1, 0.15) is 39.4 Å². The Labute approximate surface area is 218 Å². The van der Waals surface area contributed by atoms with Crippen molar-refractivity contribution in [3.8, 4) is 22.4 Å². The maximum atomic E-state index is 12.0. The van der Waals surface area contributed by atoms with E-state index in [1.165, 1.54) is 11.3 Å². The van der Waals surface area contributed by atoms with E-state index >= 15 is 0 Å². The van der Waals surface area contributed by atoms with E-state index in [1.807, 2.05) is 51.1 Å². The van der Waals surface area contributed by atoms with Crippen molar-refractivity contribution in [2.45, 2.75) is 45.1 Å². The molecule has 0 radical (unpaired) electrons. The fourth-order valence-corrected chi connectivity index (χ4v) is 4.85. The lowest BCUT2D eigenvalue weighted by atomic mass is 9.81. The topological polar surface area (TPSA) is 156 Å². The van der Waals surface area contributed by atoms with Crippen molar-refractivity contribution in [3.05, 3.63) is 54.7 Å². The Morgan fingerprint density at radius 2 is 1.89 bits per heavy atom. The van der Waals surface area contributed by atoms with E-state index < -0.39 is 17.4 Å². The molecule has 3 heterocycles. The molecule has 0 aliphatic heterocycles. The number of rotatable bonds is 9. The molecule has 3 aromatic heterocycles. The highest BCUT2D eigenvalue weighted by Crippen LogP contribution is 2.38.